The third kappa shape index (κ3) is 2.25. The van der Waals surface area contributed by atoms with Crippen LogP contribution in [0.25, 0.3) is 0 Å². The fourth-order valence-electron chi connectivity index (χ4n) is 1.77. The normalized spacial score (nSPS) is 20.5. The second kappa shape index (κ2) is 4.85. The molecule has 0 saturated carbocycles. The Hall–Kier alpha value is -1.75. The van der Waals surface area contributed by atoms with Crippen LogP contribution in [0.5, 0.6) is 0 Å². The van der Waals surface area contributed by atoms with Gasteiger partial charge in [0.25, 0.3) is 0 Å². The molecule has 1 aliphatic rings. The van der Waals surface area contributed by atoms with Crippen LogP contribution in [-0.2, 0) is 9.59 Å². The van der Waals surface area contributed by atoms with E-state index in [0.29, 0.717) is 19.4 Å². The maximum absolute atomic E-state index is 11.1. The standard InChI is InChI=1S/C11H13N3O2/c15-7-11(16)10-3-5-14(8-13-10)9-2-1-4-12-6-9/h1-2,4,6-7,10,13H,3,5,8H2. The Morgan fingerprint density at radius 2 is 2.50 bits per heavy atom. The lowest BCUT2D eigenvalue weighted by atomic mass is 10.1. The van der Waals surface area contributed by atoms with Crippen molar-refractivity contribution in [2.75, 3.05) is 18.1 Å². The van der Waals surface area contributed by atoms with Gasteiger partial charge in [-0.3, -0.25) is 19.9 Å². The van der Waals surface area contributed by atoms with Crippen molar-refractivity contribution in [3.05, 3.63) is 24.5 Å². The van der Waals surface area contributed by atoms with E-state index in [-0.39, 0.29) is 11.8 Å². The van der Waals surface area contributed by atoms with E-state index in [4.69, 9.17) is 0 Å². The van der Waals surface area contributed by atoms with E-state index in [0.717, 1.165) is 12.2 Å². The molecule has 16 heavy (non-hydrogen) atoms. The molecule has 1 atom stereocenters. The number of pyridine rings is 1. The van der Waals surface area contributed by atoms with Gasteiger partial charge >= 0.3 is 0 Å². The van der Waals surface area contributed by atoms with Crippen molar-refractivity contribution in [1.82, 2.24) is 10.3 Å². The Kier molecular flexibility index (Phi) is 3.26. The number of aldehydes is 1. The lowest BCUT2D eigenvalue weighted by Crippen LogP contribution is -2.51. The minimum absolute atomic E-state index is 0.328. The highest BCUT2D eigenvalue weighted by molar-refractivity contribution is 6.27. The van der Waals surface area contributed by atoms with Gasteiger partial charge in [-0.1, -0.05) is 0 Å². The SMILES string of the molecule is O=CC(=O)C1CCN(c2cccnc2)CN1. The molecule has 1 aromatic rings. The average molecular weight is 219 g/mol. The number of carbonyl (C=O) groups is 2. The molecule has 0 amide bonds. The first-order valence-electron chi connectivity index (χ1n) is 5.18. The highest BCUT2D eigenvalue weighted by atomic mass is 16.2. The highest BCUT2D eigenvalue weighted by Gasteiger charge is 2.23. The number of Topliss-reactive ketones (excluding diaryl/α,β-unsaturated/α-hetero) is 1. The van der Waals surface area contributed by atoms with Crippen molar-refractivity contribution >= 4 is 17.8 Å². The summed E-state index contributed by atoms with van der Waals surface area (Å²) in [6, 6.07) is 3.51. The summed E-state index contributed by atoms with van der Waals surface area (Å²) in [6.45, 7) is 1.32. The Morgan fingerprint density at radius 3 is 3.06 bits per heavy atom. The van der Waals surface area contributed by atoms with Crippen LogP contribution in [0.2, 0.25) is 0 Å². The molecule has 1 saturated heterocycles. The molecule has 0 aliphatic carbocycles. The summed E-state index contributed by atoms with van der Waals surface area (Å²) in [7, 11) is 0. The summed E-state index contributed by atoms with van der Waals surface area (Å²) in [5.74, 6) is -0.370. The quantitative estimate of drug-likeness (QED) is 0.571. The zero-order valence-electron chi connectivity index (χ0n) is 8.80. The molecule has 5 nitrogen and oxygen atoms in total. The largest absolute Gasteiger partial charge is 0.357 e. The minimum atomic E-state index is -0.370. The number of anilines is 1. The van der Waals surface area contributed by atoms with Gasteiger partial charge in [-0.15, -0.1) is 0 Å². The molecule has 1 N–H and O–H groups in total. The summed E-state index contributed by atoms with van der Waals surface area (Å²) in [5.41, 5.74) is 1.02. The average Bonchev–Trinajstić information content (AvgIpc) is 2.39. The molecule has 1 aromatic heterocycles. The Balaban J connectivity index is 1.95. The molecule has 0 bridgehead atoms. The molecule has 0 spiro atoms. The Bertz CT molecular complexity index is 372. The first-order valence-corrected chi connectivity index (χ1v) is 5.18. The molecular formula is C11H13N3O2. The van der Waals surface area contributed by atoms with E-state index in [2.05, 4.69) is 15.2 Å². The molecule has 84 valence electrons. The number of aromatic nitrogens is 1. The third-order valence-corrected chi connectivity index (χ3v) is 2.69. The smallest absolute Gasteiger partial charge is 0.212 e. The molecule has 5 heteroatoms. The monoisotopic (exact) mass is 219 g/mol. The van der Waals surface area contributed by atoms with Gasteiger partial charge in [0.1, 0.15) is 0 Å². The lowest BCUT2D eigenvalue weighted by molar-refractivity contribution is -0.131. The molecule has 2 rings (SSSR count). The highest BCUT2D eigenvalue weighted by Crippen LogP contribution is 2.14. The molecule has 0 aromatic carbocycles. The maximum Gasteiger partial charge on any atom is 0.212 e. The summed E-state index contributed by atoms with van der Waals surface area (Å²) >= 11 is 0. The number of hydrogen-bond donors (Lipinski definition) is 1. The van der Waals surface area contributed by atoms with Gasteiger partial charge in [0.2, 0.25) is 5.78 Å². The van der Waals surface area contributed by atoms with Gasteiger partial charge in [0.05, 0.1) is 24.6 Å². The van der Waals surface area contributed by atoms with Crippen molar-refractivity contribution in [2.24, 2.45) is 0 Å². The van der Waals surface area contributed by atoms with Crippen molar-refractivity contribution in [1.29, 1.82) is 0 Å². The minimum Gasteiger partial charge on any atom is -0.357 e. The van der Waals surface area contributed by atoms with Crippen molar-refractivity contribution < 1.29 is 9.59 Å². The summed E-state index contributed by atoms with van der Waals surface area (Å²) in [5, 5.41) is 3.04. The van der Waals surface area contributed by atoms with E-state index >= 15 is 0 Å². The number of nitrogens with zero attached hydrogens (tertiary/aromatic N) is 2. The number of hydrogen-bond acceptors (Lipinski definition) is 5. The first kappa shape index (κ1) is 10.8. The molecule has 1 unspecified atom stereocenters. The van der Waals surface area contributed by atoms with Gasteiger partial charge in [0, 0.05) is 12.7 Å². The van der Waals surface area contributed by atoms with Crippen molar-refractivity contribution in [3.63, 3.8) is 0 Å². The summed E-state index contributed by atoms with van der Waals surface area (Å²) in [6.07, 6.45) is 4.53. The van der Waals surface area contributed by atoms with Gasteiger partial charge in [-0.25, -0.2) is 0 Å². The van der Waals surface area contributed by atoms with E-state index < -0.39 is 0 Å². The lowest BCUT2D eigenvalue weighted by Gasteiger charge is -2.32. The molecule has 1 aliphatic heterocycles. The van der Waals surface area contributed by atoms with Crippen LogP contribution in [0.15, 0.2) is 24.5 Å². The third-order valence-electron chi connectivity index (χ3n) is 2.69. The number of rotatable bonds is 3. The molecule has 2 heterocycles. The predicted octanol–water partition coefficient (Wildman–Crippen LogP) is -0.0246. The van der Waals surface area contributed by atoms with Gasteiger partial charge in [0.15, 0.2) is 6.29 Å². The second-order valence-electron chi connectivity index (χ2n) is 3.70. The predicted molar refractivity (Wildman–Crippen MR) is 59.1 cm³/mol. The zero-order valence-corrected chi connectivity index (χ0v) is 8.80. The van der Waals surface area contributed by atoms with Gasteiger partial charge < -0.3 is 4.90 Å². The number of ketones is 1. The molecule has 0 radical (unpaired) electrons. The zero-order chi connectivity index (χ0) is 11.4. The number of carbonyl (C=O) groups excluding carboxylic acids is 2. The van der Waals surface area contributed by atoms with Crippen molar-refractivity contribution in [3.8, 4) is 0 Å². The van der Waals surface area contributed by atoms with Crippen LogP contribution in [0.4, 0.5) is 5.69 Å². The van der Waals surface area contributed by atoms with E-state index in [9.17, 15) is 9.59 Å². The van der Waals surface area contributed by atoms with Crippen LogP contribution in [0.3, 0.4) is 0 Å². The fraction of sp³-hybridized carbons (Fsp3) is 0.364. The fourth-order valence-corrected chi connectivity index (χ4v) is 1.77. The van der Waals surface area contributed by atoms with Crippen LogP contribution >= 0.6 is 0 Å². The summed E-state index contributed by atoms with van der Waals surface area (Å²) < 4.78 is 0. The van der Waals surface area contributed by atoms with Gasteiger partial charge in [-0.05, 0) is 18.6 Å². The maximum atomic E-state index is 11.1. The van der Waals surface area contributed by atoms with E-state index in [1.165, 1.54) is 0 Å². The molecule has 1 fully saturated rings. The first-order chi connectivity index (χ1) is 7.81. The van der Waals surface area contributed by atoms with Gasteiger partial charge in [-0.2, -0.15) is 0 Å². The summed E-state index contributed by atoms with van der Waals surface area (Å²) in [4.78, 5) is 27.6. The second-order valence-corrected chi connectivity index (χ2v) is 3.70. The Morgan fingerprint density at radius 1 is 1.62 bits per heavy atom. The topological polar surface area (TPSA) is 62.3 Å². The number of nitrogens with one attached hydrogen (secondary N) is 1. The van der Waals surface area contributed by atoms with Crippen LogP contribution in [0.1, 0.15) is 6.42 Å². The molecular weight excluding hydrogens is 206 g/mol. The van der Waals surface area contributed by atoms with E-state index in [1.54, 1.807) is 12.4 Å². The van der Waals surface area contributed by atoms with E-state index in [1.807, 2.05) is 12.1 Å². The van der Waals surface area contributed by atoms with Crippen molar-refractivity contribution in [2.45, 2.75) is 12.5 Å². The Labute approximate surface area is 93.5 Å². The van der Waals surface area contributed by atoms with Crippen LogP contribution in [0, 0.1) is 0 Å². The van der Waals surface area contributed by atoms with Crippen LogP contribution in [-0.4, -0.2) is 36.3 Å². The van der Waals surface area contributed by atoms with Crippen LogP contribution < -0.4 is 10.2 Å².